The van der Waals surface area contributed by atoms with E-state index in [9.17, 15) is 0 Å². The molecule has 0 radical (unpaired) electrons. The highest BCUT2D eigenvalue weighted by Gasteiger charge is 2.09. The summed E-state index contributed by atoms with van der Waals surface area (Å²) in [6.45, 7) is 0.641. The first-order valence-corrected chi connectivity index (χ1v) is 4.82. The first-order chi connectivity index (χ1) is 6.95. The fraction of sp³-hybridized carbons (Fsp3) is 0. The maximum Gasteiger partial charge on any atom is 0.304 e. The van der Waals surface area contributed by atoms with Crippen LogP contribution in [0.25, 0.3) is 0 Å². The second-order valence-electron chi connectivity index (χ2n) is 3.26. The highest BCUT2D eigenvalue weighted by Crippen LogP contribution is 1.95. The number of rotatable bonds is 2. The molecule has 68 valence electrons. The zero-order chi connectivity index (χ0) is 9.64. The van der Waals surface area contributed by atoms with E-state index >= 15 is 0 Å². The van der Waals surface area contributed by atoms with E-state index in [-0.39, 0.29) is 0 Å². The van der Waals surface area contributed by atoms with E-state index in [1.165, 1.54) is 0 Å². The summed E-state index contributed by atoms with van der Waals surface area (Å²) in [6, 6.07) is 0. The van der Waals surface area contributed by atoms with E-state index < -0.39 is 0 Å². The highest BCUT2D eigenvalue weighted by molar-refractivity contribution is 6.73. The lowest BCUT2D eigenvalue weighted by molar-refractivity contribution is 1.32. The van der Waals surface area contributed by atoms with Crippen LogP contribution >= 0.6 is 0 Å². The van der Waals surface area contributed by atoms with E-state index in [2.05, 4.69) is 46.5 Å². The summed E-state index contributed by atoms with van der Waals surface area (Å²) in [5.74, 6) is 8.56. The van der Waals surface area contributed by atoms with Crippen LogP contribution in [0.4, 0.5) is 0 Å². The van der Waals surface area contributed by atoms with Gasteiger partial charge in [-0.15, -0.1) is 0 Å². The van der Waals surface area contributed by atoms with E-state index in [4.69, 9.17) is 0 Å². The molecule has 0 atom stereocenters. The lowest BCUT2D eigenvalue weighted by Gasteiger charge is -2.09. The van der Waals surface area contributed by atoms with E-state index in [0.29, 0.717) is 13.7 Å². The Morgan fingerprint density at radius 3 is 1.57 bits per heavy atom. The van der Waals surface area contributed by atoms with Crippen LogP contribution in [0.3, 0.4) is 0 Å². The van der Waals surface area contributed by atoms with Crippen molar-refractivity contribution in [3.63, 3.8) is 0 Å². The van der Waals surface area contributed by atoms with Crippen LogP contribution in [0.5, 0.6) is 0 Å². The summed E-state index contributed by atoms with van der Waals surface area (Å²) < 4.78 is 0. The molecule has 0 unspecified atom stereocenters. The molecule has 2 nitrogen and oxygen atoms in total. The molecule has 2 rings (SSSR count). The Morgan fingerprint density at radius 2 is 1.21 bits per heavy atom. The summed E-state index contributed by atoms with van der Waals surface area (Å²) in [7, 11) is 0. The molecule has 0 aromatic carbocycles. The maximum absolute atomic E-state index is 3.23. The number of allylic oxidation sites excluding steroid dienone is 4. The fourth-order valence-electron chi connectivity index (χ4n) is 1.40. The second-order valence-corrected chi connectivity index (χ2v) is 3.26. The SMILES string of the molecule is C1=CNB(C=CB2C=CC=CN2)C=C1. The molecular weight excluding hydrogens is 170 g/mol. The first kappa shape index (κ1) is 9.00. The van der Waals surface area contributed by atoms with E-state index in [1.807, 2.05) is 24.6 Å². The van der Waals surface area contributed by atoms with Crippen molar-refractivity contribution in [1.82, 2.24) is 10.5 Å². The first-order valence-electron chi connectivity index (χ1n) is 4.82. The van der Waals surface area contributed by atoms with Crippen molar-refractivity contribution < 1.29 is 0 Å². The van der Waals surface area contributed by atoms with Gasteiger partial charge >= 0.3 is 13.7 Å². The minimum absolute atomic E-state index is 0.320. The topological polar surface area (TPSA) is 24.1 Å². The van der Waals surface area contributed by atoms with Crippen molar-refractivity contribution in [1.29, 1.82) is 0 Å². The van der Waals surface area contributed by atoms with Crippen molar-refractivity contribution in [3.8, 4) is 0 Å². The third kappa shape index (κ3) is 2.46. The van der Waals surface area contributed by atoms with Gasteiger partial charge in [0, 0.05) is 0 Å². The van der Waals surface area contributed by atoms with Gasteiger partial charge < -0.3 is 10.5 Å². The Bertz CT molecular complexity index is 297. The lowest BCUT2D eigenvalue weighted by atomic mass is 9.54. The largest absolute Gasteiger partial charge is 0.427 e. The average molecular weight is 182 g/mol. The predicted octanol–water partition coefficient (Wildman–Crippen LogP) is 1.03. The molecule has 2 heterocycles. The van der Waals surface area contributed by atoms with Gasteiger partial charge in [0.1, 0.15) is 0 Å². The molecule has 0 aliphatic carbocycles. The van der Waals surface area contributed by atoms with Crippen LogP contribution in [-0.4, -0.2) is 13.7 Å². The third-order valence-electron chi connectivity index (χ3n) is 2.15. The molecule has 0 bridgehead atoms. The Balaban J connectivity index is 1.87. The van der Waals surface area contributed by atoms with Crippen molar-refractivity contribution >= 4 is 13.7 Å². The van der Waals surface area contributed by atoms with Crippen molar-refractivity contribution in [2.45, 2.75) is 0 Å². The van der Waals surface area contributed by atoms with Crippen LogP contribution in [-0.2, 0) is 0 Å². The molecule has 14 heavy (non-hydrogen) atoms. The minimum atomic E-state index is 0.320. The molecule has 0 aromatic rings. The van der Waals surface area contributed by atoms with E-state index in [0.717, 1.165) is 0 Å². The normalized spacial score (nSPS) is 18.9. The monoisotopic (exact) mass is 182 g/mol. The molecule has 0 saturated heterocycles. The third-order valence-corrected chi connectivity index (χ3v) is 2.15. The van der Waals surface area contributed by atoms with E-state index in [1.54, 1.807) is 0 Å². The Kier molecular flexibility index (Phi) is 2.96. The molecule has 0 aromatic heterocycles. The zero-order valence-electron chi connectivity index (χ0n) is 7.93. The second kappa shape index (κ2) is 4.61. The van der Waals surface area contributed by atoms with Gasteiger partial charge in [0.15, 0.2) is 0 Å². The molecular formula is C10H12B2N2. The van der Waals surface area contributed by atoms with Crippen LogP contribution in [0.15, 0.2) is 60.6 Å². The van der Waals surface area contributed by atoms with Gasteiger partial charge in [-0.2, -0.15) is 0 Å². The number of hydrogen-bond donors (Lipinski definition) is 2. The van der Waals surface area contributed by atoms with Gasteiger partial charge in [-0.1, -0.05) is 36.1 Å². The summed E-state index contributed by atoms with van der Waals surface area (Å²) >= 11 is 0. The molecule has 2 N–H and O–H groups in total. The molecule has 0 spiro atoms. The average Bonchev–Trinajstić information content (AvgIpc) is 2.29. The zero-order valence-corrected chi connectivity index (χ0v) is 7.93. The van der Waals surface area contributed by atoms with Crippen LogP contribution in [0, 0.1) is 0 Å². The van der Waals surface area contributed by atoms with Crippen molar-refractivity contribution in [2.75, 3.05) is 0 Å². The highest BCUT2D eigenvalue weighted by atomic mass is 14.7. The van der Waals surface area contributed by atoms with Gasteiger partial charge in [0.25, 0.3) is 0 Å². The molecule has 2 aliphatic rings. The fourth-order valence-corrected chi connectivity index (χ4v) is 1.40. The van der Waals surface area contributed by atoms with Gasteiger partial charge in [0.05, 0.1) is 0 Å². The molecule has 0 amide bonds. The summed E-state index contributed by atoms with van der Waals surface area (Å²) in [6.07, 6.45) is 12.0. The van der Waals surface area contributed by atoms with Gasteiger partial charge in [-0.3, -0.25) is 0 Å². The molecule has 0 fully saturated rings. The maximum atomic E-state index is 3.23. The predicted molar refractivity (Wildman–Crippen MR) is 63.5 cm³/mol. The minimum Gasteiger partial charge on any atom is -0.427 e. The number of hydrogen-bond acceptors (Lipinski definition) is 2. The molecule has 4 heteroatoms. The number of nitrogens with one attached hydrogen (secondary N) is 2. The van der Waals surface area contributed by atoms with Gasteiger partial charge in [-0.05, 0) is 24.6 Å². The Hall–Kier alpha value is -1.57. The van der Waals surface area contributed by atoms with Crippen molar-refractivity contribution in [2.24, 2.45) is 0 Å². The standard InChI is InChI=1S/C10H12B2N2/c1-3-9-13-11(5-1)7-8-12-6-2-4-10-14-12/h1-10,13-14H. The Labute approximate surface area is 85.4 Å². The quantitative estimate of drug-likeness (QED) is 0.623. The Morgan fingerprint density at radius 1 is 0.714 bits per heavy atom. The summed E-state index contributed by atoms with van der Waals surface area (Å²) in [4.78, 5) is 0. The molecule has 0 saturated carbocycles. The van der Waals surface area contributed by atoms with Crippen molar-refractivity contribution in [3.05, 3.63) is 60.6 Å². The summed E-state index contributed by atoms with van der Waals surface area (Å²) in [5.41, 5.74) is 0. The lowest BCUT2D eigenvalue weighted by Crippen LogP contribution is -2.31. The summed E-state index contributed by atoms with van der Waals surface area (Å²) in [5, 5.41) is 6.47. The van der Waals surface area contributed by atoms with Crippen LogP contribution in [0.1, 0.15) is 0 Å². The smallest absolute Gasteiger partial charge is 0.304 e. The van der Waals surface area contributed by atoms with Gasteiger partial charge in [0.2, 0.25) is 0 Å². The van der Waals surface area contributed by atoms with Gasteiger partial charge in [-0.25, -0.2) is 0 Å². The van der Waals surface area contributed by atoms with Crippen LogP contribution < -0.4 is 10.5 Å². The molecule has 2 aliphatic heterocycles. The van der Waals surface area contributed by atoms with Crippen LogP contribution in [0.2, 0.25) is 0 Å².